The van der Waals surface area contributed by atoms with Crippen LogP contribution in [0.1, 0.15) is 25.7 Å². The highest BCUT2D eigenvalue weighted by atomic mass is 35.5. The lowest BCUT2D eigenvalue weighted by atomic mass is 9.95. The molecule has 0 aromatic rings. The Morgan fingerprint density at radius 1 is 1.10 bits per heavy atom. The Hall–Kier alpha value is 0.250. The molecular weight excluding hydrogens is 328 g/mol. The molecule has 21 heavy (non-hydrogen) atoms. The summed E-state index contributed by atoms with van der Waals surface area (Å²) >= 11 is 0. The van der Waals surface area contributed by atoms with Gasteiger partial charge in [0.1, 0.15) is 6.61 Å². The first kappa shape index (κ1) is 21.2. The van der Waals surface area contributed by atoms with Crippen LogP contribution < -0.4 is 5.32 Å². The van der Waals surface area contributed by atoms with Crippen LogP contribution in [0, 0.1) is 5.92 Å². The molecule has 0 radical (unpaired) electrons. The van der Waals surface area contributed by atoms with E-state index in [4.69, 9.17) is 4.74 Å². The predicted molar refractivity (Wildman–Crippen MR) is 81.6 cm³/mol. The third-order valence-electron chi connectivity index (χ3n) is 3.99. The molecule has 2 heterocycles. The number of piperidine rings is 2. The molecule has 2 rings (SSSR count). The standard InChI is InChI=1S/C13H23F3N2O.2ClH/c14-13(15,16)10-19-9-11-2-1-7-18(8-11)12-3-5-17-6-4-12;;/h11-12,17H,1-10H2;2*1H. The number of ether oxygens (including phenoxy) is 1. The summed E-state index contributed by atoms with van der Waals surface area (Å²) in [6.07, 6.45) is 0.152. The van der Waals surface area contributed by atoms with Crippen LogP contribution in [0.5, 0.6) is 0 Å². The van der Waals surface area contributed by atoms with E-state index in [1.54, 1.807) is 0 Å². The highest BCUT2D eigenvalue weighted by molar-refractivity contribution is 5.85. The predicted octanol–water partition coefficient (Wildman–Crippen LogP) is 2.87. The normalized spacial score (nSPS) is 25.0. The number of nitrogens with one attached hydrogen (secondary N) is 1. The van der Waals surface area contributed by atoms with Gasteiger partial charge in [-0.2, -0.15) is 13.2 Å². The zero-order valence-corrected chi connectivity index (χ0v) is 13.7. The molecule has 0 aromatic heterocycles. The fraction of sp³-hybridized carbons (Fsp3) is 1.00. The molecule has 0 saturated carbocycles. The largest absolute Gasteiger partial charge is 0.411 e. The summed E-state index contributed by atoms with van der Waals surface area (Å²) in [5, 5.41) is 3.34. The average Bonchev–Trinajstić information content (AvgIpc) is 2.39. The Bertz CT molecular complexity index is 277. The molecule has 0 bridgehead atoms. The van der Waals surface area contributed by atoms with Gasteiger partial charge in [0, 0.05) is 12.6 Å². The van der Waals surface area contributed by atoms with Crippen molar-refractivity contribution in [3.05, 3.63) is 0 Å². The Balaban J connectivity index is 0.00000200. The van der Waals surface area contributed by atoms with Crippen LogP contribution in [-0.4, -0.2) is 56.5 Å². The summed E-state index contributed by atoms with van der Waals surface area (Å²) < 4.78 is 40.9. The van der Waals surface area contributed by atoms with Crippen molar-refractivity contribution < 1.29 is 17.9 Å². The van der Waals surface area contributed by atoms with Crippen molar-refractivity contribution in [2.45, 2.75) is 37.9 Å². The smallest absolute Gasteiger partial charge is 0.372 e. The SMILES string of the molecule is Cl.Cl.FC(F)(F)COCC1CCCN(C2CCNCC2)C1. The van der Waals surface area contributed by atoms with Gasteiger partial charge < -0.3 is 10.1 Å². The van der Waals surface area contributed by atoms with Crippen LogP contribution in [0.4, 0.5) is 13.2 Å². The summed E-state index contributed by atoms with van der Waals surface area (Å²) in [6, 6.07) is 0.603. The molecule has 8 heteroatoms. The Morgan fingerprint density at radius 2 is 1.76 bits per heavy atom. The fourth-order valence-corrected chi connectivity index (χ4v) is 3.08. The average molecular weight is 353 g/mol. The van der Waals surface area contributed by atoms with Gasteiger partial charge in [0.05, 0.1) is 6.61 Å². The van der Waals surface area contributed by atoms with E-state index in [0.717, 1.165) is 51.9 Å². The van der Waals surface area contributed by atoms with Gasteiger partial charge in [0.15, 0.2) is 0 Å². The second-order valence-electron chi connectivity index (χ2n) is 5.61. The van der Waals surface area contributed by atoms with Crippen LogP contribution in [0.2, 0.25) is 0 Å². The second kappa shape index (κ2) is 10.1. The second-order valence-corrected chi connectivity index (χ2v) is 5.61. The molecule has 128 valence electrons. The molecule has 0 aliphatic carbocycles. The van der Waals surface area contributed by atoms with Crippen LogP contribution in [0.15, 0.2) is 0 Å². The van der Waals surface area contributed by atoms with Gasteiger partial charge in [-0.1, -0.05) is 0 Å². The van der Waals surface area contributed by atoms with E-state index >= 15 is 0 Å². The third-order valence-corrected chi connectivity index (χ3v) is 3.99. The van der Waals surface area contributed by atoms with Crippen molar-refractivity contribution in [2.24, 2.45) is 5.92 Å². The zero-order chi connectivity index (χ0) is 13.7. The monoisotopic (exact) mass is 352 g/mol. The first-order valence-electron chi connectivity index (χ1n) is 7.14. The molecule has 2 aliphatic heterocycles. The molecule has 1 atom stereocenters. The number of hydrogen-bond acceptors (Lipinski definition) is 3. The van der Waals surface area contributed by atoms with Crippen LogP contribution >= 0.6 is 24.8 Å². The van der Waals surface area contributed by atoms with Gasteiger partial charge in [-0.25, -0.2) is 0 Å². The molecule has 2 aliphatic rings. The fourth-order valence-electron chi connectivity index (χ4n) is 3.08. The van der Waals surface area contributed by atoms with Crippen molar-refractivity contribution >= 4 is 24.8 Å². The van der Waals surface area contributed by atoms with E-state index in [2.05, 4.69) is 10.2 Å². The van der Waals surface area contributed by atoms with E-state index in [9.17, 15) is 13.2 Å². The molecule has 1 unspecified atom stereocenters. The maximum atomic E-state index is 12.0. The third kappa shape index (κ3) is 7.88. The molecule has 2 saturated heterocycles. The van der Waals surface area contributed by atoms with E-state index in [1.807, 2.05) is 0 Å². The molecule has 2 fully saturated rings. The maximum Gasteiger partial charge on any atom is 0.411 e. The Labute approximate surface area is 136 Å². The van der Waals surface area contributed by atoms with Crippen LogP contribution in [0.3, 0.4) is 0 Å². The van der Waals surface area contributed by atoms with E-state index in [1.165, 1.54) is 0 Å². The van der Waals surface area contributed by atoms with Crippen molar-refractivity contribution in [1.82, 2.24) is 10.2 Å². The summed E-state index contributed by atoms with van der Waals surface area (Å²) in [6.45, 7) is 3.20. The highest BCUT2D eigenvalue weighted by Gasteiger charge is 2.30. The van der Waals surface area contributed by atoms with Crippen molar-refractivity contribution in [2.75, 3.05) is 39.4 Å². The van der Waals surface area contributed by atoms with Gasteiger partial charge in [-0.05, 0) is 51.2 Å². The lowest BCUT2D eigenvalue weighted by Crippen LogP contribution is -2.48. The van der Waals surface area contributed by atoms with Crippen molar-refractivity contribution in [3.63, 3.8) is 0 Å². The summed E-state index contributed by atoms with van der Waals surface area (Å²) in [5.74, 6) is 0.256. The molecule has 0 spiro atoms. The summed E-state index contributed by atoms with van der Waals surface area (Å²) in [7, 11) is 0. The summed E-state index contributed by atoms with van der Waals surface area (Å²) in [5.41, 5.74) is 0. The topological polar surface area (TPSA) is 24.5 Å². The van der Waals surface area contributed by atoms with Gasteiger partial charge in [0.25, 0.3) is 0 Å². The van der Waals surface area contributed by atoms with Crippen molar-refractivity contribution in [1.29, 1.82) is 0 Å². The zero-order valence-electron chi connectivity index (χ0n) is 12.0. The minimum absolute atomic E-state index is 0. The minimum Gasteiger partial charge on any atom is -0.372 e. The quantitative estimate of drug-likeness (QED) is 0.841. The number of likely N-dealkylation sites (tertiary alicyclic amines) is 1. The lowest BCUT2D eigenvalue weighted by molar-refractivity contribution is -0.177. The molecule has 0 amide bonds. The van der Waals surface area contributed by atoms with Gasteiger partial charge in [-0.15, -0.1) is 24.8 Å². The molecular formula is C13H25Cl2F3N2O. The molecule has 3 nitrogen and oxygen atoms in total. The van der Waals surface area contributed by atoms with E-state index in [0.29, 0.717) is 6.04 Å². The van der Waals surface area contributed by atoms with Crippen LogP contribution in [0.25, 0.3) is 0 Å². The lowest BCUT2D eigenvalue weighted by Gasteiger charge is -2.40. The number of alkyl halides is 3. The van der Waals surface area contributed by atoms with Crippen LogP contribution in [-0.2, 0) is 4.74 Å². The summed E-state index contributed by atoms with van der Waals surface area (Å²) in [4.78, 5) is 2.45. The van der Waals surface area contributed by atoms with Gasteiger partial charge in [0.2, 0.25) is 0 Å². The minimum atomic E-state index is -4.20. The molecule has 0 aromatic carbocycles. The van der Waals surface area contributed by atoms with Crippen molar-refractivity contribution in [3.8, 4) is 0 Å². The Morgan fingerprint density at radius 3 is 2.38 bits per heavy atom. The van der Waals surface area contributed by atoms with E-state index in [-0.39, 0.29) is 37.3 Å². The van der Waals surface area contributed by atoms with Gasteiger partial charge >= 0.3 is 6.18 Å². The number of halogens is 5. The van der Waals surface area contributed by atoms with E-state index < -0.39 is 12.8 Å². The first-order chi connectivity index (χ1) is 9.04. The first-order valence-corrected chi connectivity index (χ1v) is 7.14. The maximum absolute atomic E-state index is 12.0. The number of hydrogen-bond donors (Lipinski definition) is 1. The molecule has 1 N–H and O–H groups in total. The Kier molecular flexibility index (Phi) is 10.2. The number of nitrogens with zero attached hydrogens (tertiary/aromatic N) is 1. The van der Waals surface area contributed by atoms with Gasteiger partial charge in [-0.3, -0.25) is 4.90 Å². The highest BCUT2D eigenvalue weighted by Crippen LogP contribution is 2.23. The number of rotatable bonds is 4.